The largest absolute Gasteiger partial charge is 0.462 e. The Morgan fingerprint density at radius 2 is 2.35 bits per heavy atom. The summed E-state index contributed by atoms with van der Waals surface area (Å²) in [5.41, 5.74) is 1.56. The van der Waals surface area contributed by atoms with Crippen molar-refractivity contribution in [3.05, 3.63) is 5.51 Å². The number of rotatable bonds is 7. The Labute approximate surface area is 144 Å². The Morgan fingerprint density at radius 1 is 1.52 bits per heavy atom. The number of ether oxygens (including phenoxy) is 1. The van der Waals surface area contributed by atoms with E-state index in [0.717, 1.165) is 25.7 Å². The molecule has 1 aliphatic rings. The number of thiocarbonyl (C=S) groups is 1. The van der Waals surface area contributed by atoms with Gasteiger partial charge in [0.2, 0.25) is 11.0 Å². The van der Waals surface area contributed by atoms with Crippen molar-refractivity contribution in [1.29, 1.82) is 0 Å². The van der Waals surface area contributed by atoms with E-state index >= 15 is 0 Å². The number of amides is 1. The zero-order valence-electron chi connectivity index (χ0n) is 12.9. The molecule has 1 amide bonds. The molecule has 0 aliphatic carbocycles. The van der Waals surface area contributed by atoms with Gasteiger partial charge in [-0.1, -0.05) is 31.1 Å². The summed E-state index contributed by atoms with van der Waals surface area (Å²) >= 11 is 6.30. The number of hydrogen-bond donors (Lipinski definition) is 2. The summed E-state index contributed by atoms with van der Waals surface area (Å²) in [6, 6.07) is 0. The molecule has 7 nitrogen and oxygen atoms in total. The van der Waals surface area contributed by atoms with Crippen molar-refractivity contribution in [2.75, 3.05) is 5.32 Å². The van der Waals surface area contributed by atoms with Crippen molar-refractivity contribution in [3.8, 4) is 0 Å². The number of carbonyl (C=O) groups is 2. The first kappa shape index (κ1) is 17.7. The van der Waals surface area contributed by atoms with Crippen LogP contribution in [0.4, 0.5) is 5.13 Å². The average molecular weight is 356 g/mol. The van der Waals surface area contributed by atoms with Crippen LogP contribution in [-0.2, 0) is 14.3 Å². The first-order chi connectivity index (χ1) is 11.1. The summed E-state index contributed by atoms with van der Waals surface area (Å²) in [5.74, 6) is -0.973. The second kappa shape index (κ2) is 8.88. The third-order valence-corrected chi connectivity index (χ3v) is 4.37. The molecule has 1 fully saturated rings. The minimum absolute atomic E-state index is 0.0571. The average Bonchev–Trinajstić information content (AvgIpc) is 3.10. The summed E-state index contributed by atoms with van der Waals surface area (Å²) < 4.78 is 5.33. The lowest BCUT2D eigenvalue weighted by Gasteiger charge is -2.09. The summed E-state index contributed by atoms with van der Waals surface area (Å²) in [4.78, 5) is 23.8. The maximum atomic E-state index is 12.0. The molecule has 126 valence electrons. The minimum Gasteiger partial charge on any atom is -0.462 e. The molecule has 2 heterocycles. The Kier molecular flexibility index (Phi) is 6.85. The van der Waals surface area contributed by atoms with Crippen molar-refractivity contribution >= 4 is 45.7 Å². The standard InChI is InChI=1S/C14H20N4O3S2/c1-2-3-4-5-10-6-9(12(20)21-10)7-11(19)16-13(22)17-14-18-15-8-23-14/h8-10H,2-7H2,1H3,(H2,16,17,18,19,22)/t9-,10+/m1/s1. The second-order valence-corrected chi connectivity index (χ2v) is 6.68. The van der Waals surface area contributed by atoms with Gasteiger partial charge >= 0.3 is 5.97 Å². The fraction of sp³-hybridized carbons (Fsp3) is 0.643. The maximum absolute atomic E-state index is 12.0. The molecule has 0 radical (unpaired) electrons. The number of nitrogens with one attached hydrogen (secondary N) is 2. The van der Waals surface area contributed by atoms with Crippen LogP contribution >= 0.6 is 23.6 Å². The van der Waals surface area contributed by atoms with Crippen LogP contribution in [0, 0.1) is 5.92 Å². The van der Waals surface area contributed by atoms with Crippen LogP contribution in [0.3, 0.4) is 0 Å². The van der Waals surface area contributed by atoms with Crippen LogP contribution in [0.2, 0.25) is 0 Å². The molecule has 0 bridgehead atoms. The van der Waals surface area contributed by atoms with Crippen LogP contribution in [-0.4, -0.2) is 33.3 Å². The van der Waals surface area contributed by atoms with E-state index in [9.17, 15) is 9.59 Å². The predicted octanol–water partition coefficient (Wildman–Crippen LogP) is 2.25. The van der Waals surface area contributed by atoms with Crippen molar-refractivity contribution < 1.29 is 14.3 Å². The van der Waals surface area contributed by atoms with Gasteiger partial charge in [0, 0.05) is 6.42 Å². The molecule has 2 rings (SSSR count). The third kappa shape index (κ3) is 5.83. The van der Waals surface area contributed by atoms with Crippen LogP contribution in [0.1, 0.15) is 45.4 Å². The number of aromatic nitrogens is 2. The van der Waals surface area contributed by atoms with E-state index in [-0.39, 0.29) is 35.4 Å². The van der Waals surface area contributed by atoms with Gasteiger partial charge in [-0.3, -0.25) is 9.59 Å². The molecule has 0 unspecified atom stereocenters. The fourth-order valence-electron chi connectivity index (χ4n) is 2.44. The van der Waals surface area contributed by atoms with E-state index in [4.69, 9.17) is 17.0 Å². The van der Waals surface area contributed by atoms with Gasteiger partial charge in [0.1, 0.15) is 11.6 Å². The summed E-state index contributed by atoms with van der Waals surface area (Å²) in [5, 5.41) is 13.4. The van der Waals surface area contributed by atoms with Gasteiger partial charge in [-0.05, 0) is 31.5 Å². The number of esters is 1. The first-order valence-electron chi connectivity index (χ1n) is 7.66. The summed E-state index contributed by atoms with van der Waals surface area (Å²) in [6.07, 6.45) is 4.81. The van der Waals surface area contributed by atoms with Gasteiger partial charge < -0.3 is 15.4 Å². The number of hydrogen-bond acceptors (Lipinski definition) is 7. The van der Waals surface area contributed by atoms with Crippen molar-refractivity contribution in [3.63, 3.8) is 0 Å². The molecule has 1 aliphatic heterocycles. The molecule has 1 saturated heterocycles. The quantitative estimate of drug-likeness (QED) is 0.440. The number of anilines is 1. The molecule has 1 aromatic heterocycles. The highest BCUT2D eigenvalue weighted by molar-refractivity contribution is 7.80. The predicted molar refractivity (Wildman–Crippen MR) is 91.0 cm³/mol. The van der Waals surface area contributed by atoms with Crippen LogP contribution in [0.5, 0.6) is 0 Å². The molecule has 23 heavy (non-hydrogen) atoms. The lowest BCUT2D eigenvalue weighted by atomic mass is 9.98. The molecule has 0 saturated carbocycles. The smallest absolute Gasteiger partial charge is 0.309 e. The SMILES string of the molecule is CCCCC[C@H]1C[C@H](CC(=O)NC(=S)Nc2nncs2)C(=O)O1. The maximum Gasteiger partial charge on any atom is 0.309 e. The normalized spacial score (nSPS) is 20.1. The van der Waals surface area contributed by atoms with Crippen LogP contribution in [0.25, 0.3) is 0 Å². The van der Waals surface area contributed by atoms with E-state index in [1.807, 2.05) is 0 Å². The van der Waals surface area contributed by atoms with E-state index in [1.54, 1.807) is 5.51 Å². The Balaban J connectivity index is 1.72. The lowest BCUT2D eigenvalue weighted by Crippen LogP contribution is -2.35. The molecular formula is C14H20N4O3S2. The van der Waals surface area contributed by atoms with Crippen LogP contribution in [0.15, 0.2) is 5.51 Å². The molecule has 0 aromatic carbocycles. The number of cyclic esters (lactones) is 1. The summed E-state index contributed by atoms with van der Waals surface area (Å²) in [7, 11) is 0. The number of unbranched alkanes of at least 4 members (excludes halogenated alkanes) is 2. The van der Waals surface area contributed by atoms with E-state index in [0.29, 0.717) is 11.6 Å². The highest BCUT2D eigenvalue weighted by atomic mass is 32.1. The monoisotopic (exact) mass is 356 g/mol. The summed E-state index contributed by atoms with van der Waals surface area (Å²) in [6.45, 7) is 2.13. The van der Waals surface area contributed by atoms with Gasteiger partial charge in [0.05, 0.1) is 5.92 Å². The van der Waals surface area contributed by atoms with Gasteiger partial charge in [-0.25, -0.2) is 0 Å². The van der Waals surface area contributed by atoms with Crippen molar-refractivity contribution in [2.24, 2.45) is 5.92 Å². The molecule has 0 spiro atoms. The van der Waals surface area contributed by atoms with Gasteiger partial charge in [-0.2, -0.15) is 0 Å². The molecule has 2 N–H and O–H groups in total. The molecule has 1 aromatic rings. The van der Waals surface area contributed by atoms with Crippen molar-refractivity contribution in [1.82, 2.24) is 15.5 Å². The minimum atomic E-state index is -0.383. The molecule has 2 atom stereocenters. The van der Waals surface area contributed by atoms with Gasteiger partial charge in [0.15, 0.2) is 5.11 Å². The highest BCUT2D eigenvalue weighted by Crippen LogP contribution is 2.27. The zero-order chi connectivity index (χ0) is 16.7. The van der Waals surface area contributed by atoms with Crippen molar-refractivity contribution in [2.45, 2.75) is 51.6 Å². The first-order valence-corrected chi connectivity index (χ1v) is 8.94. The number of nitrogens with zero attached hydrogens (tertiary/aromatic N) is 2. The fourth-order valence-corrected chi connectivity index (χ4v) is 3.17. The van der Waals surface area contributed by atoms with E-state index in [1.165, 1.54) is 11.3 Å². The van der Waals surface area contributed by atoms with Crippen LogP contribution < -0.4 is 10.6 Å². The molecule has 9 heteroatoms. The Bertz CT molecular complexity index is 550. The second-order valence-electron chi connectivity index (χ2n) is 5.44. The van der Waals surface area contributed by atoms with E-state index < -0.39 is 0 Å². The zero-order valence-corrected chi connectivity index (χ0v) is 14.5. The lowest BCUT2D eigenvalue weighted by molar-refractivity contribution is -0.145. The highest BCUT2D eigenvalue weighted by Gasteiger charge is 2.35. The topological polar surface area (TPSA) is 93.2 Å². The van der Waals surface area contributed by atoms with Gasteiger partial charge in [-0.15, -0.1) is 10.2 Å². The van der Waals surface area contributed by atoms with Gasteiger partial charge in [0.25, 0.3) is 0 Å². The third-order valence-electron chi connectivity index (χ3n) is 3.56. The Hall–Kier alpha value is -1.61. The molecular weight excluding hydrogens is 336 g/mol. The number of carbonyl (C=O) groups excluding carboxylic acids is 2. The Morgan fingerprint density at radius 3 is 3.04 bits per heavy atom. The van der Waals surface area contributed by atoms with E-state index in [2.05, 4.69) is 27.8 Å².